The van der Waals surface area contributed by atoms with Crippen LogP contribution >= 0.6 is 11.8 Å². The van der Waals surface area contributed by atoms with Gasteiger partial charge in [-0.3, -0.25) is 19.7 Å². The largest absolute Gasteiger partial charge is 0.466 e. The quantitative estimate of drug-likeness (QED) is 0.167. The molecule has 1 aromatic rings. The van der Waals surface area contributed by atoms with Crippen LogP contribution < -0.4 is 10.6 Å². The van der Waals surface area contributed by atoms with Gasteiger partial charge in [0, 0.05) is 49.2 Å². The fourth-order valence-electron chi connectivity index (χ4n) is 3.88. The van der Waals surface area contributed by atoms with Crippen LogP contribution in [0.5, 0.6) is 0 Å². The molecule has 0 saturated heterocycles. The molecular weight excluding hydrogens is 502 g/mol. The van der Waals surface area contributed by atoms with Crippen molar-refractivity contribution in [1.82, 2.24) is 10.6 Å². The predicted octanol–water partition coefficient (Wildman–Crippen LogP) is 2.76. The number of nitrogens with one attached hydrogen (secondary N) is 2. The number of dihydropyridines is 1. The summed E-state index contributed by atoms with van der Waals surface area (Å²) in [7, 11) is 1.21. The van der Waals surface area contributed by atoms with E-state index in [9.17, 15) is 29.3 Å². The summed E-state index contributed by atoms with van der Waals surface area (Å²) in [5.74, 6) is -2.12. The van der Waals surface area contributed by atoms with Crippen molar-refractivity contribution in [2.45, 2.75) is 39.5 Å². The molecule has 0 fully saturated rings. The number of nitrogens with zero attached hydrogens (tertiary/aromatic N) is 1. The lowest BCUT2D eigenvalue weighted by atomic mass is 9.80. The van der Waals surface area contributed by atoms with E-state index in [2.05, 4.69) is 10.6 Å². The minimum Gasteiger partial charge on any atom is -0.466 e. The van der Waals surface area contributed by atoms with Gasteiger partial charge in [0.15, 0.2) is 0 Å². The van der Waals surface area contributed by atoms with Gasteiger partial charge in [-0.15, -0.1) is 11.8 Å². The molecule has 0 aromatic heterocycles. The first-order chi connectivity index (χ1) is 17.6. The maximum atomic E-state index is 13.2. The zero-order valence-electron chi connectivity index (χ0n) is 21.3. The number of esters is 2. The summed E-state index contributed by atoms with van der Waals surface area (Å²) < 4.78 is 10.3. The number of nitro groups is 1. The Bertz CT molecular complexity index is 1130. The number of rotatable bonds is 13. The first kappa shape index (κ1) is 29.6. The second kappa shape index (κ2) is 14.2. The molecule has 2 N–H and O–H groups in total. The average Bonchev–Trinajstić information content (AvgIpc) is 2.85. The maximum absolute atomic E-state index is 13.2. The van der Waals surface area contributed by atoms with Crippen molar-refractivity contribution in [3.05, 3.63) is 62.5 Å². The van der Waals surface area contributed by atoms with E-state index < -0.39 is 22.8 Å². The van der Waals surface area contributed by atoms with Crippen molar-refractivity contribution in [3.8, 4) is 0 Å². The van der Waals surface area contributed by atoms with E-state index in [0.29, 0.717) is 36.3 Å². The molecule has 1 aromatic carbocycles. The molecule has 0 spiro atoms. The smallest absolute Gasteiger partial charge is 0.336 e. The molecule has 11 nitrogen and oxygen atoms in total. The van der Waals surface area contributed by atoms with Gasteiger partial charge in [-0.2, -0.15) is 0 Å². The summed E-state index contributed by atoms with van der Waals surface area (Å²) in [6, 6.07) is 5.72. The molecule has 0 radical (unpaired) electrons. The van der Waals surface area contributed by atoms with Crippen molar-refractivity contribution >= 4 is 41.1 Å². The van der Waals surface area contributed by atoms with Crippen LogP contribution in [0.25, 0.3) is 0 Å². The first-order valence-corrected chi connectivity index (χ1v) is 12.8. The molecule has 12 heteroatoms. The number of hydrogen-bond acceptors (Lipinski definition) is 10. The maximum Gasteiger partial charge on any atom is 0.336 e. The monoisotopic (exact) mass is 533 g/mol. The van der Waals surface area contributed by atoms with Crippen molar-refractivity contribution in [1.29, 1.82) is 0 Å². The van der Waals surface area contributed by atoms with Gasteiger partial charge in [-0.1, -0.05) is 12.1 Å². The molecule has 1 amide bonds. The van der Waals surface area contributed by atoms with E-state index in [1.807, 2.05) is 0 Å². The molecule has 2 rings (SSSR count). The zero-order valence-corrected chi connectivity index (χ0v) is 22.1. The minimum absolute atomic E-state index is 0.0119. The van der Waals surface area contributed by atoms with Gasteiger partial charge in [0.1, 0.15) is 5.78 Å². The van der Waals surface area contributed by atoms with Crippen molar-refractivity contribution in [3.63, 3.8) is 0 Å². The zero-order chi connectivity index (χ0) is 27.5. The van der Waals surface area contributed by atoms with Crippen LogP contribution in [0.2, 0.25) is 0 Å². The number of ether oxygens (including phenoxy) is 2. The number of non-ortho nitro benzene ring substituents is 1. The van der Waals surface area contributed by atoms with Gasteiger partial charge >= 0.3 is 11.9 Å². The Morgan fingerprint density at radius 3 is 2.54 bits per heavy atom. The normalized spacial score (nSPS) is 15.1. The average molecular weight is 534 g/mol. The van der Waals surface area contributed by atoms with Gasteiger partial charge in [-0.25, -0.2) is 9.59 Å². The van der Waals surface area contributed by atoms with E-state index in [-0.39, 0.29) is 46.6 Å². The molecule has 0 aliphatic carbocycles. The summed E-state index contributed by atoms with van der Waals surface area (Å²) in [5.41, 5.74) is 1.29. The Kier molecular flexibility index (Phi) is 11.3. The lowest BCUT2D eigenvalue weighted by Crippen LogP contribution is -2.34. The van der Waals surface area contributed by atoms with Crippen LogP contribution in [0.3, 0.4) is 0 Å². The topological polar surface area (TPSA) is 154 Å². The number of allylic oxidation sites excluding steroid dienone is 1. The fourth-order valence-corrected chi connectivity index (χ4v) is 4.79. The molecule has 1 aliphatic heterocycles. The highest BCUT2D eigenvalue weighted by Crippen LogP contribution is 2.40. The second-order valence-electron chi connectivity index (χ2n) is 8.17. The second-order valence-corrected chi connectivity index (χ2v) is 9.16. The number of thioether (sulfide) groups is 1. The lowest BCUT2D eigenvalue weighted by molar-refractivity contribution is -0.384. The molecule has 1 aliphatic rings. The summed E-state index contributed by atoms with van der Waals surface area (Å²) >= 11 is 1.28. The van der Waals surface area contributed by atoms with E-state index >= 15 is 0 Å². The highest BCUT2D eigenvalue weighted by atomic mass is 32.2. The summed E-state index contributed by atoms with van der Waals surface area (Å²) in [5, 5.41) is 17.1. The number of amides is 1. The van der Waals surface area contributed by atoms with Crippen LogP contribution in [-0.4, -0.2) is 60.3 Å². The molecule has 1 unspecified atom stereocenters. The Labute approximate surface area is 219 Å². The third kappa shape index (κ3) is 8.17. The number of carbonyl (C=O) groups excluding carboxylic acids is 4. The third-order valence-electron chi connectivity index (χ3n) is 5.48. The molecule has 200 valence electrons. The van der Waals surface area contributed by atoms with Gasteiger partial charge in [-0.05, 0) is 25.8 Å². The van der Waals surface area contributed by atoms with E-state index in [1.165, 1.54) is 44.0 Å². The number of carbonyl (C=O) groups is 4. The van der Waals surface area contributed by atoms with Gasteiger partial charge in [0.25, 0.3) is 5.69 Å². The van der Waals surface area contributed by atoms with Gasteiger partial charge in [0.2, 0.25) is 5.91 Å². The number of methoxy groups -OCH3 is 1. The lowest BCUT2D eigenvalue weighted by Gasteiger charge is -2.31. The van der Waals surface area contributed by atoms with E-state index in [0.717, 1.165) is 0 Å². The molecule has 1 heterocycles. The number of Topliss-reactive ketones (excluding diaryl/α,β-unsaturated/α-hetero) is 1. The standard InChI is InChI=1S/C25H31N3O8S/c1-5-36-25(32)23-20(14-37-13-19(30)10-7-11-26-16(3)29)27-15(2)21(24(31)35-4)22(23)17-8-6-9-18(12-17)28(33)34/h6,8-9,12,22,27H,5,7,10-11,13-14H2,1-4H3,(H,26,29). The number of ketones is 1. The van der Waals surface area contributed by atoms with Crippen LogP contribution in [0, 0.1) is 10.1 Å². The Balaban J connectivity index is 2.40. The van der Waals surface area contributed by atoms with E-state index in [1.54, 1.807) is 19.9 Å². The highest BCUT2D eigenvalue weighted by molar-refractivity contribution is 8.00. The van der Waals surface area contributed by atoms with Crippen LogP contribution in [0.1, 0.15) is 45.1 Å². The Hall–Kier alpha value is -3.67. The Morgan fingerprint density at radius 2 is 1.92 bits per heavy atom. The third-order valence-corrected chi connectivity index (χ3v) is 6.49. The highest BCUT2D eigenvalue weighted by Gasteiger charge is 2.39. The molecule has 1 atom stereocenters. The van der Waals surface area contributed by atoms with E-state index in [4.69, 9.17) is 9.47 Å². The first-order valence-electron chi connectivity index (χ1n) is 11.6. The summed E-state index contributed by atoms with van der Waals surface area (Å²) in [6.45, 7) is 5.20. The number of hydrogen-bond donors (Lipinski definition) is 2. The molecule has 0 bridgehead atoms. The van der Waals surface area contributed by atoms with Crippen molar-refractivity contribution in [2.75, 3.05) is 31.8 Å². The predicted molar refractivity (Wildman–Crippen MR) is 138 cm³/mol. The van der Waals surface area contributed by atoms with Gasteiger partial charge < -0.3 is 20.1 Å². The van der Waals surface area contributed by atoms with Crippen molar-refractivity contribution in [2.24, 2.45) is 0 Å². The molecular formula is C25H31N3O8S. The van der Waals surface area contributed by atoms with Crippen molar-refractivity contribution < 1.29 is 33.6 Å². The van der Waals surface area contributed by atoms with Crippen LogP contribution in [-0.2, 0) is 28.7 Å². The van der Waals surface area contributed by atoms with Crippen LogP contribution in [0.4, 0.5) is 5.69 Å². The summed E-state index contributed by atoms with van der Waals surface area (Å²) in [6.07, 6.45) is 0.819. The van der Waals surface area contributed by atoms with Gasteiger partial charge in [0.05, 0.1) is 41.5 Å². The molecule has 37 heavy (non-hydrogen) atoms. The Morgan fingerprint density at radius 1 is 1.19 bits per heavy atom. The summed E-state index contributed by atoms with van der Waals surface area (Å²) in [4.78, 5) is 60.0. The number of benzene rings is 1. The molecule has 0 saturated carbocycles. The number of nitro benzene ring substituents is 1. The fraction of sp³-hybridized carbons (Fsp3) is 0.440. The van der Waals surface area contributed by atoms with Crippen LogP contribution in [0.15, 0.2) is 46.8 Å². The minimum atomic E-state index is -0.975. The SMILES string of the molecule is CCOC(=O)C1=C(CSCC(=O)CCCNC(C)=O)NC(C)=C(C(=O)OC)C1c1cccc([N+](=O)[O-])c1.